The number of carboxylic acids is 1. The third kappa shape index (κ3) is 1.70. The van der Waals surface area contributed by atoms with E-state index in [1.807, 2.05) is 0 Å². The van der Waals surface area contributed by atoms with E-state index >= 15 is 0 Å². The van der Waals surface area contributed by atoms with Crippen molar-refractivity contribution in [1.29, 1.82) is 0 Å². The molecule has 0 radical (unpaired) electrons. The maximum atomic E-state index is 10.4. The second-order valence-electron chi connectivity index (χ2n) is 2.33. The highest BCUT2D eigenvalue weighted by Gasteiger charge is 2.15. The molecular weight excluding hydrogens is 158 g/mol. The number of carbonyl (C=O) groups is 1. The molecule has 0 spiro atoms. The van der Waals surface area contributed by atoms with Crippen molar-refractivity contribution < 1.29 is 9.90 Å². The summed E-state index contributed by atoms with van der Waals surface area (Å²) in [5.74, 6) is -1.12. The van der Waals surface area contributed by atoms with Crippen LogP contribution in [0.25, 0.3) is 0 Å². The first-order valence-corrected chi connectivity index (χ1v) is 3.31. The Morgan fingerprint density at radius 1 is 1.67 bits per heavy atom. The maximum Gasteiger partial charge on any atom is 0.326 e. The van der Waals surface area contributed by atoms with E-state index in [1.165, 1.54) is 12.3 Å². The first kappa shape index (κ1) is 8.48. The smallest absolute Gasteiger partial charge is 0.326 e. The number of rotatable bonds is 2. The number of nitrogen functional groups attached to an aromatic ring is 1. The van der Waals surface area contributed by atoms with E-state index < -0.39 is 12.0 Å². The summed E-state index contributed by atoms with van der Waals surface area (Å²) in [6.45, 7) is 0. The van der Waals surface area contributed by atoms with Gasteiger partial charge in [-0.25, -0.2) is 0 Å². The summed E-state index contributed by atoms with van der Waals surface area (Å²) in [6.07, 6.45) is 1.42. The summed E-state index contributed by atoms with van der Waals surface area (Å²) in [5.41, 5.74) is 11.4. The normalized spacial score (nSPS) is 12.4. The van der Waals surface area contributed by atoms with Crippen LogP contribution in [0.5, 0.6) is 0 Å². The highest BCUT2D eigenvalue weighted by molar-refractivity contribution is 5.74. The van der Waals surface area contributed by atoms with Crippen molar-refractivity contribution in [3.05, 3.63) is 24.0 Å². The fourth-order valence-corrected chi connectivity index (χ4v) is 0.762. The van der Waals surface area contributed by atoms with Gasteiger partial charge in [0.2, 0.25) is 0 Å². The van der Waals surface area contributed by atoms with E-state index in [2.05, 4.69) is 4.98 Å². The minimum absolute atomic E-state index is 0.266. The summed E-state index contributed by atoms with van der Waals surface area (Å²) in [5, 5.41) is 8.52. The van der Waals surface area contributed by atoms with Gasteiger partial charge in [0.25, 0.3) is 0 Å². The molecule has 0 aliphatic rings. The highest BCUT2D eigenvalue weighted by Crippen LogP contribution is 2.09. The molecule has 5 heteroatoms. The molecule has 0 saturated carbocycles. The highest BCUT2D eigenvalue weighted by atomic mass is 16.4. The first-order valence-electron chi connectivity index (χ1n) is 3.31. The zero-order valence-corrected chi connectivity index (χ0v) is 6.27. The van der Waals surface area contributed by atoms with Gasteiger partial charge in [-0.05, 0) is 12.1 Å². The minimum Gasteiger partial charge on any atom is -0.480 e. The van der Waals surface area contributed by atoms with Crippen molar-refractivity contribution >= 4 is 11.7 Å². The van der Waals surface area contributed by atoms with Crippen LogP contribution in [0.4, 0.5) is 5.69 Å². The van der Waals surface area contributed by atoms with Gasteiger partial charge in [-0.15, -0.1) is 0 Å². The number of anilines is 1. The fraction of sp³-hybridized carbons (Fsp3) is 0.143. The van der Waals surface area contributed by atoms with Crippen LogP contribution < -0.4 is 11.5 Å². The van der Waals surface area contributed by atoms with Crippen LogP contribution in [0.15, 0.2) is 18.3 Å². The van der Waals surface area contributed by atoms with Crippen LogP contribution in [0, 0.1) is 0 Å². The van der Waals surface area contributed by atoms with Crippen LogP contribution >= 0.6 is 0 Å². The van der Waals surface area contributed by atoms with Crippen molar-refractivity contribution in [3.8, 4) is 0 Å². The quantitative estimate of drug-likeness (QED) is 0.563. The van der Waals surface area contributed by atoms with Gasteiger partial charge in [-0.3, -0.25) is 9.78 Å². The standard InChI is InChI=1S/C7H9N3O2/c8-4-1-2-10-5(3-4)6(9)7(11)12/h1-3,6H,9H2,(H2,8,10)(H,11,12). The molecule has 5 N–H and O–H groups in total. The molecule has 0 saturated heterocycles. The molecule has 0 aliphatic carbocycles. The number of hydrogen-bond acceptors (Lipinski definition) is 4. The number of aromatic nitrogens is 1. The molecule has 64 valence electrons. The molecule has 0 amide bonds. The van der Waals surface area contributed by atoms with Gasteiger partial charge >= 0.3 is 5.97 Å². The summed E-state index contributed by atoms with van der Waals surface area (Å²) in [4.78, 5) is 14.2. The van der Waals surface area contributed by atoms with Crippen molar-refractivity contribution in [1.82, 2.24) is 4.98 Å². The topological polar surface area (TPSA) is 102 Å². The summed E-state index contributed by atoms with van der Waals surface area (Å²) >= 11 is 0. The number of nitrogens with zero attached hydrogens (tertiary/aromatic N) is 1. The second-order valence-corrected chi connectivity index (χ2v) is 2.33. The van der Waals surface area contributed by atoms with Gasteiger partial charge in [0.1, 0.15) is 6.04 Å². The van der Waals surface area contributed by atoms with E-state index in [0.717, 1.165) is 0 Å². The lowest BCUT2D eigenvalue weighted by molar-refractivity contribution is -0.138. The fourth-order valence-electron chi connectivity index (χ4n) is 0.762. The molecule has 0 bridgehead atoms. The molecule has 5 nitrogen and oxygen atoms in total. The lowest BCUT2D eigenvalue weighted by Gasteiger charge is -2.04. The van der Waals surface area contributed by atoms with Crippen LogP contribution in [-0.4, -0.2) is 16.1 Å². The Bertz CT molecular complexity index is 300. The molecule has 0 fully saturated rings. The first-order chi connectivity index (χ1) is 5.61. The van der Waals surface area contributed by atoms with E-state index in [-0.39, 0.29) is 5.69 Å². The summed E-state index contributed by atoms with van der Waals surface area (Å²) in [6, 6.07) is 1.91. The van der Waals surface area contributed by atoms with E-state index in [1.54, 1.807) is 6.07 Å². The number of carboxylic acid groups (broad SMARTS) is 1. The Kier molecular flexibility index (Phi) is 2.25. The SMILES string of the molecule is Nc1ccnc(C(N)C(=O)O)c1. The number of nitrogens with two attached hydrogens (primary N) is 2. The number of aliphatic carboxylic acids is 1. The lowest BCUT2D eigenvalue weighted by Crippen LogP contribution is -2.21. The molecule has 12 heavy (non-hydrogen) atoms. The number of pyridine rings is 1. The van der Waals surface area contributed by atoms with Crippen LogP contribution in [0.2, 0.25) is 0 Å². The van der Waals surface area contributed by atoms with Gasteiger partial charge in [-0.1, -0.05) is 0 Å². The maximum absolute atomic E-state index is 10.4. The third-order valence-corrected chi connectivity index (χ3v) is 1.39. The lowest BCUT2D eigenvalue weighted by atomic mass is 10.2. The monoisotopic (exact) mass is 167 g/mol. The average molecular weight is 167 g/mol. The molecule has 1 aromatic heterocycles. The van der Waals surface area contributed by atoms with E-state index in [4.69, 9.17) is 16.6 Å². The van der Waals surface area contributed by atoms with Gasteiger partial charge in [0, 0.05) is 11.9 Å². The van der Waals surface area contributed by atoms with Crippen LogP contribution in [-0.2, 0) is 4.79 Å². The number of hydrogen-bond donors (Lipinski definition) is 3. The molecular formula is C7H9N3O2. The summed E-state index contributed by atoms with van der Waals surface area (Å²) in [7, 11) is 0. The molecule has 1 aromatic rings. The molecule has 1 unspecified atom stereocenters. The van der Waals surface area contributed by atoms with Gasteiger partial charge < -0.3 is 16.6 Å². The zero-order valence-electron chi connectivity index (χ0n) is 6.27. The van der Waals surface area contributed by atoms with E-state index in [9.17, 15) is 4.79 Å². The third-order valence-electron chi connectivity index (χ3n) is 1.39. The van der Waals surface area contributed by atoms with Crippen molar-refractivity contribution in [2.45, 2.75) is 6.04 Å². The molecule has 0 aliphatic heterocycles. The zero-order chi connectivity index (χ0) is 9.14. The Morgan fingerprint density at radius 2 is 2.33 bits per heavy atom. The summed E-state index contributed by atoms with van der Waals surface area (Å²) < 4.78 is 0. The average Bonchev–Trinajstić information content (AvgIpc) is 2.03. The van der Waals surface area contributed by atoms with Gasteiger partial charge in [0.05, 0.1) is 5.69 Å². The van der Waals surface area contributed by atoms with E-state index in [0.29, 0.717) is 5.69 Å². The predicted molar refractivity (Wildman–Crippen MR) is 43.2 cm³/mol. The molecule has 1 rings (SSSR count). The minimum atomic E-state index is -1.12. The Balaban J connectivity index is 2.95. The van der Waals surface area contributed by atoms with Gasteiger partial charge in [-0.2, -0.15) is 0 Å². The molecule has 1 heterocycles. The molecule has 1 atom stereocenters. The Labute approximate surface area is 69.0 Å². The second kappa shape index (κ2) is 3.19. The predicted octanol–water partition coefficient (Wildman–Crippen LogP) is -0.252. The van der Waals surface area contributed by atoms with Crippen molar-refractivity contribution in [3.63, 3.8) is 0 Å². The Morgan fingerprint density at radius 3 is 2.83 bits per heavy atom. The van der Waals surface area contributed by atoms with Crippen LogP contribution in [0.3, 0.4) is 0 Å². The Hall–Kier alpha value is -1.62. The largest absolute Gasteiger partial charge is 0.480 e. The van der Waals surface area contributed by atoms with Crippen molar-refractivity contribution in [2.24, 2.45) is 5.73 Å². The molecule has 0 aromatic carbocycles. The van der Waals surface area contributed by atoms with Gasteiger partial charge in [0.15, 0.2) is 0 Å². The van der Waals surface area contributed by atoms with Crippen LogP contribution in [0.1, 0.15) is 11.7 Å². The van der Waals surface area contributed by atoms with Crippen molar-refractivity contribution in [2.75, 3.05) is 5.73 Å².